The first-order valence-corrected chi connectivity index (χ1v) is 9.39. The fourth-order valence-electron chi connectivity index (χ4n) is 3.41. The number of nitrogens with zero attached hydrogens (tertiary/aromatic N) is 3. The van der Waals surface area contributed by atoms with E-state index in [1.807, 2.05) is 36.4 Å². The van der Waals surface area contributed by atoms with Gasteiger partial charge >= 0.3 is 0 Å². The molecule has 2 aromatic carbocycles. The molecule has 0 saturated carbocycles. The monoisotopic (exact) mass is 389 g/mol. The van der Waals surface area contributed by atoms with E-state index in [9.17, 15) is 4.79 Å². The summed E-state index contributed by atoms with van der Waals surface area (Å²) in [7, 11) is 1.61. The van der Waals surface area contributed by atoms with Crippen LogP contribution in [-0.2, 0) is 0 Å². The third-order valence-corrected chi connectivity index (χ3v) is 5.08. The van der Waals surface area contributed by atoms with Gasteiger partial charge in [-0.3, -0.25) is 14.7 Å². The van der Waals surface area contributed by atoms with E-state index >= 15 is 0 Å². The number of ether oxygens (including phenoxy) is 1. The average molecular weight is 389 g/mol. The summed E-state index contributed by atoms with van der Waals surface area (Å²) in [5, 5.41) is 6.51. The number of guanidine groups is 1. The molecule has 7 heteroatoms. The average Bonchev–Trinajstić information content (AvgIpc) is 2.70. The van der Waals surface area contributed by atoms with Gasteiger partial charge in [0.05, 0.1) is 7.11 Å². The zero-order valence-corrected chi connectivity index (χ0v) is 16.9. The molecule has 29 heavy (non-hydrogen) atoms. The Morgan fingerprint density at radius 3 is 2.69 bits per heavy atom. The van der Waals surface area contributed by atoms with Gasteiger partial charge in [-0.1, -0.05) is 30.3 Å². The number of anilines is 2. The second-order valence-electron chi connectivity index (χ2n) is 7.02. The van der Waals surface area contributed by atoms with Gasteiger partial charge in [0.2, 0.25) is 11.9 Å². The standard InChI is InChI=1S/C22H23N5O2/c1-13-8-7-10-17(15(13)3)24-21-25-20(16-9-5-6-11-18(16)29-4)27-19(28)12-14(2)23-22(27)26-21/h5-12,20H,1-4H3,(H2,23,24,25,26). The highest BCUT2D eigenvalue weighted by Gasteiger charge is 2.27. The molecule has 3 aromatic rings. The van der Waals surface area contributed by atoms with Crippen LogP contribution in [0.2, 0.25) is 0 Å². The Morgan fingerprint density at radius 2 is 1.90 bits per heavy atom. The first-order chi connectivity index (χ1) is 14.0. The van der Waals surface area contributed by atoms with E-state index in [0.717, 1.165) is 16.8 Å². The van der Waals surface area contributed by atoms with E-state index in [1.54, 1.807) is 18.6 Å². The van der Waals surface area contributed by atoms with Gasteiger partial charge in [-0.05, 0) is 44.0 Å². The Labute approximate surface area is 169 Å². The summed E-state index contributed by atoms with van der Waals surface area (Å²) in [6, 6.07) is 15.1. The van der Waals surface area contributed by atoms with Crippen molar-refractivity contribution in [2.75, 3.05) is 17.7 Å². The van der Waals surface area contributed by atoms with Gasteiger partial charge < -0.3 is 10.1 Å². The first-order valence-electron chi connectivity index (χ1n) is 9.39. The largest absolute Gasteiger partial charge is 0.496 e. The van der Waals surface area contributed by atoms with Crippen molar-refractivity contribution in [2.24, 2.45) is 4.99 Å². The van der Waals surface area contributed by atoms with E-state index in [2.05, 4.69) is 35.5 Å². The van der Waals surface area contributed by atoms with E-state index in [1.165, 1.54) is 11.6 Å². The molecule has 1 aliphatic heterocycles. The number of rotatable bonds is 3. The molecule has 4 rings (SSSR count). The van der Waals surface area contributed by atoms with E-state index < -0.39 is 6.17 Å². The fraction of sp³-hybridized carbons (Fsp3) is 0.227. The lowest BCUT2D eigenvalue weighted by Gasteiger charge is -2.28. The molecule has 0 amide bonds. The van der Waals surface area contributed by atoms with Crippen LogP contribution < -0.4 is 20.9 Å². The van der Waals surface area contributed by atoms with Crippen LogP contribution in [0, 0.1) is 20.8 Å². The third-order valence-electron chi connectivity index (χ3n) is 5.08. The smallest absolute Gasteiger partial charge is 0.257 e. The molecule has 148 valence electrons. The highest BCUT2D eigenvalue weighted by molar-refractivity contribution is 6.04. The Kier molecular flexibility index (Phi) is 4.80. The summed E-state index contributed by atoms with van der Waals surface area (Å²) in [6.07, 6.45) is -0.601. The molecule has 0 aliphatic carbocycles. The van der Waals surface area contributed by atoms with Crippen LogP contribution in [0.15, 0.2) is 58.3 Å². The van der Waals surface area contributed by atoms with Crippen molar-refractivity contribution in [2.45, 2.75) is 26.9 Å². The van der Waals surface area contributed by atoms with Crippen molar-refractivity contribution >= 4 is 17.6 Å². The van der Waals surface area contributed by atoms with Crippen LogP contribution >= 0.6 is 0 Å². The first kappa shape index (κ1) is 18.7. The Bertz CT molecular complexity index is 1170. The molecule has 0 saturated heterocycles. The highest BCUT2D eigenvalue weighted by Crippen LogP contribution is 2.32. The third kappa shape index (κ3) is 3.47. The molecule has 0 fully saturated rings. The molecule has 1 atom stereocenters. The number of hydrogen-bond donors (Lipinski definition) is 2. The fourth-order valence-corrected chi connectivity index (χ4v) is 3.41. The van der Waals surface area contributed by atoms with Crippen LogP contribution in [0.25, 0.3) is 0 Å². The minimum Gasteiger partial charge on any atom is -0.496 e. The normalized spacial score (nSPS) is 15.2. The van der Waals surface area contributed by atoms with Gasteiger partial charge in [-0.2, -0.15) is 0 Å². The highest BCUT2D eigenvalue weighted by atomic mass is 16.5. The Balaban J connectivity index is 1.85. The van der Waals surface area contributed by atoms with Gasteiger partial charge in [0.1, 0.15) is 5.75 Å². The van der Waals surface area contributed by atoms with Gasteiger partial charge in [-0.15, -0.1) is 0 Å². The zero-order chi connectivity index (χ0) is 20.5. The Morgan fingerprint density at radius 1 is 1.10 bits per heavy atom. The molecule has 1 aromatic heterocycles. The minimum atomic E-state index is -0.601. The number of aryl methyl sites for hydroxylation is 2. The van der Waals surface area contributed by atoms with E-state index in [4.69, 9.17) is 9.73 Å². The SMILES string of the molecule is COc1ccccc1C1N=C(Nc2cccc(C)c2C)Nc2nc(C)cc(=O)n21. The molecular weight excluding hydrogens is 366 g/mol. The lowest BCUT2D eigenvalue weighted by Crippen LogP contribution is -2.38. The van der Waals surface area contributed by atoms with Crippen molar-refractivity contribution in [1.82, 2.24) is 9.55 Å². The number of hydrogen-bond acceptors (Lipinski definition) is 6. The van der Waals surface area contributed by atoms with E-state index in [-0.39, 0.29) is 5.56 Å². The Hall–Kier alpha value is -3.61. The number of methoxy groups -OCH3 is 1. The summed E-state index contributed by atoms with van der Waals surface area (Å²) < 4.78 is 7.06. The summed E-state index contributed by atoms with van der Waals surface area (Å²) in [6.45, 7) is 5.92. The van der Waals surface area contributed by atoms with Gasteiger partial charge in [-0.25, -0.2) is 9.98 Å². The summed E-state index contributed by atoms with van der Waals surface area (Å²) in [5.41, 5.74) is 4.50. The van der Waals surface area contributed by atoms with Gasteiger partial charge in [0, 0.05) is 23.0 Å². The predicted molar refractivity (Wildman–Crippen MR) is 115 cm³/mol. The van der Waals surface area contributed by atoms with Crippen LogP contribution in [-0.4, -0.2) is 22.6 Å². The van der Waals surface area contributed by atoms with Crippen LogP contribution in [0.1, 0.15) is 28.6 Å². The van der Waals surface area contributed by atoms with Gasteiger partial charge in [0.25, 0.3) is 5.56 Å². The number of fused-ring (bicyclic) bond motifs is 1. The molecule has 1 unspecified atom stereocenters. The maximum atomic E-state index is 12.8. The maximum absolute atomic E-state index is 12.8. The summed E-state index contributed by atoms with van der Waals surface area (Å²) in [4.78, 5) is 22.1. The number of nitrogens with one attached hydrogen (secondary N) is 2. The second kappa shape index (κ2) is 7.43. The quantitative estimate of drug-likeness (QED) is 0.715. The van der Waals surface area contributed by atoms with Crippen LogP contribution in [0.3, 0.4) is 0 Å². The lowest BCUT2D eigenvalue weighted by molar-refractivity contribution is 0.401. The van der Waals surface area contributed by atoms with Crippen molar-refractivity contribution in [3.05, 3.63) is 81.3 Å². The molecule has 7 nitrogen and oxygen atoms in total. The molecule has 0 radical (unpaired) electrons. The van der Waals surface area contributed by atoms with Crippen molar-refractivity contribution in [3.8, 4) is 5.75 Å². The van der Waals surface area contributed by atoms with Crippen molar-refractivity contribution in [3.63, 3.8) is 0 Å². The molecule has 1 aliphatic rings. The van der Waals surface area contributed by atoms with Crippen LogP contribution in [0.5, 0.6) is 5.75 Å². The van der Waals surface area contributed by atoms with Crippen LogP contribution in [0.4, 0.5) is 11.6 Å². The molecule has 2 N–H and O–H groups in total. The lowest BCUT2D eigenvalue weighted by atomic mass is 10.1. The summed E-state index contributed by atoms with van der Waals surface area (Å²) in [5.74, 6) is 1.62. The van der Waals surface area contributed by atoms with E-state index in [0.29, 0.717) is 23.4 Å². The molecule has 0 bridgehead atoms. The van der Waals surface area contributed by atoms with Gasteiger partial charge in [0.15, 0.2) is 6.17 Å². The maximum Gasteiger partial charge on any atom is 0.257 e. The number of aliphatic imine (C=N–C) groups is 1. The minimum absolute atomic E-state index is 0.176. The second-order valence-corrected chi connectivity index (χ2v) is 7.02. The predicted octanol–water partition coefficient (Wildman–Crippen LogP) is 3.62. The topological polar surface area (TPSA) is 80.5 Å². The molecule has 0 spiro atoms. The van der Waals surface area contributed by atoms with Crippen molar-refractivity contribution < 1.29 is 4.74 Å². The number of aromatic nitrogens is 2. The molecule has 2 heterocycles. The number of para-hydroxylation sites is 1. The zero-order valence-electron chi connectivity index (χ0n) is 16.9. The molecular formula is C22H23N5O2. The summed E-state index contributed by atoms with van der Waals surface area (Å²) >= 11 is 0. The number of benzene rings is 2. The van der Waals surface area contributed by atoms with Crippen molar-refractivity contribution in [1.29, 1.82) is 0 Å².